The molecule has 0 saturated heterocycles. The van der Waals surface area contributed by atoms with E-state index in [9.17, 15) is 0 Å². The van der Waals surface area contributed by atoms with Gasteiger partial charge in [0.1, 0.15) is 0 Å². The minimum atomic E-state index is 0.402. The zero-order valence-electron chi connectivity index (χ0n) is 11.3. The van der Waals surface area contributed by atoms with Gasteiger partial charge in [0.05, 0.1) is 11.4 Å². The summed E-state index contributed by atoms with van der Waals surface area (Å²) in [6.07, 6.45) is 3.27. The summed E-state index contributed by atoms with van der Waals surface area (Å²) in [5.74, 6) is 0.646. The third-order valence-corrected chi connectivity index (χ3v) is 3.77. The van der Waals surface area contributed by atoms with Crippen LogP contribution >= 0.6 is 0 Å². The molecule has 1 atom stereocenters. The SMILES string of the molecule is Cc1nnc(NC2CCc3ccccc3C2)nc1C. The number of aryl methyl sites for hydroxylation is 3. The largest absolute Gasteiger partial charge is 0.350 e. The first-order chi connectivity index (χ1) is 9.22. The zero-order valence-corrected chi connectivity index (χ0v) is 11.3. The molecule has 0 aliphatic heterocycles. The number of rotatable bonds is 2. The van der Waals surface area contributed by atoms with Crippen LogP contribution in [0.1, 0.15) is 28.9 Å². The molecule has 0 bridgehead atoms. The summed E-state index contributed by atoms with van der Waals surface area (Å²) in [6, 6.07) is 9.05. The van der Waals surface area contributed by atoms with Gasteiger partial charge in [-0.2, -0.15) is 5.10 Å². The van der Waals surface area contributed by atoms with E-state index in [1.165, 1.54) is 11.1 Å². The summed E-state index contributed by atoms with van der Waals surface area (Å²) < 4.78 is 0. The van der Waals surface area contributed by atoms with Gasteiger partial charge in [-0.05, 0) is 44.2 Å². The minimum Gasteiger partial charge on any atom is -0.350 e. The third-order valence-electron chi connectivity index (χ3n) is 3.77. The second-order valence-corrected chi connectivity index (χ2v) is 5.16. The standard InChI is InChI=1S/C15H18N4/c1-10-11(2)18-19-15(16-10)17-14-8-7-12-5-3-4-6-13(12)9-14/h3-6,14H,7-9H2,1-2H3,(H,16,17,19). The Labute approximate surface area is 113 Å². The Morgan fingerprint density at radius 2 is 1.84 bits per heavy atom. The highest BCUT2D eigenvalue weighted by molar-refractivity contribution is 5.34. The molecule has 0 fully saturated rings. The van der Waals surface area contributed by atoms with Crippen molar-refractivity contribution in [3.05, 3.63) is 46.8 Å². The normalized spacial score (nSPS) is 17.9. The number of hydrogen-bond donors (Lipinski definition) is 1. The number of nitrogens with one attached hydrogen (secondary N) is 1. The number of anilines is 1. The van der Waals surface area contributed by atoms with Crippen LogP contribution in [-0.4, -0.2) is 21.2 Å². The molecule has 1 N–H and O–H groups in total. The van der Waals surface area contributed by atoms with Crippen molar-refractivity contribution in [2.45, 2.75) is 39.2 Å². The maximum absolute atomic E-state index is 4.44. The van der Waals surface area contributed by atoms with Gasteiger partial charge in [0, 0.05) is 6.04 Å². The van der Waals surface area contributed by atoms with E-state index in [0.29, 0.717) is 12.0 Å². The molecule has 1 aliphatic carbocycles. The summed E-state index contributed by atoms with van der Waals surface area (Å²) in [7, 11) is 0. The molecular formula is C15H18N4. The van der Waals surface area contributed by atoms with Gasteiger partial charge in [-0.1, -0.05) is 24.3 Å². The van der Waals surface area contributed by atoms with Crippen LogP contribution in [0, 0.1) is 13.8 Å². The van der Waals surface area contributed by atoms with Crippen LogP contribution < -0.4 is 5.32 Å². The van der Waals surface area contributed by atoms with E-state index in [2.05, 4.69) is 44.8 Å². The van der Waals surface area contributed by atoms with E-state index in [4.69, 9.17) is 0 Å². The van der Waals surface area contributed by atoms with E-state index in [1.807, 2.05) is 13.8 Å². The number of hydrogen-bond acceptors (Lipinski definition) is 4. The van der Waals surface area contributed by atoms with Crippen LogP contribution in [0.25, 0.3) is 0 Å². The highest BCUT2D eigenvalue weighted by Gasteiger charge is 2.18. The zero-order chi connectivity index (χ0) is 13.2. The maximum atomic E-state index is 4.44. The first-order valence-electron chi connectivity index (χ1n) is 6.73. The van der Waals surface area contributed by atoms with E-state index >= 15 is 0 Å². The first-order valence-corrected chi connectivity index (χ1v) is 6.73. The molecule has 0 spiro atoms. The predicted molar refractivity (Wildman–Crippen MR) is 75.2 cm³/mol. The molecule has 0 radical (unpaired) electrons. The minimum absolute atomic E-state index is 0.402. The first kappa shape index (κ1) is 12.1. The Morgan fingerprint density at radius 3 is 2.63 bits per heavy atom. The highest BCUT2D eigenvalue weighted by atomic mass is 15.2. The Kier molecular flexibility index (Phi) is 3.15. The maximum Gasteiger partial charge on any atom is 0.243 e. The second-order valence-electron chi connectivity index (χ2n) is 5.16. The van der Waals surface area contributed by atoms with Crippen molar-refractivity contribution in [1.82, 2.24) is 15.2 Å². The molecule has 0 amide bonds. The molecule has 0 saturated carbocycles. The fraction of sp³-hybridized carbons (Fsp3) is 0.400. The van der Waals surface area contributed by atoms with Gasteiger partial charge in [0.2, 0.25) is 5.95 Å². The van der Waals surface area contributed by atoms with Crippen molar-refractivity contribution < 1.29 is 0 Å². The number of nitrogens with zero attached hydrogens (tertiary/aromatic N) is 3. The van der Waals surface area contributed by atoms with Crippen LogP contribution in [0.4, 0.5) is 5.95 Å². The molecule has 1 aliphatic rings. The second kappa shape index (κ2) is 4.96. The van der Waals surface area contributed by atoms with E-state index in [-0.39, 0.29) is 0 Å². The fourth-order valence-corrected chi connectivity index (χ4v) is 2.52. The highest BCUT2D eigenvalue weighted by Crippen LogP contribution is 2.22. The molecule has 1 unspecified atom stereocenters. The fourth-order valence-electron chi connectivity index (χ4n) is 2.52. The average Bonchev–Trinajstić information content (AvgIpc) is 2.43. The molecule has 19 heavy (non-hydrogen) atoms. The number of benzene rings is 1. The quantitative estimate of drug-likeness (QED) is 0.894. The van der Waals surface area contributed by atoms with Crippen molar-refractivity contribution in [3.63, 3.8) is 0 Å². The van der Waals surface area contributed by atoms with Crippen LogP contribution in [0.3, 0.4) is 0 Å². The van der Waals surface area contributed by atoms with Crippen molar-refractivity contribution in [2.24, 2.45) is 0 Å². The number of aromatic nitrogens is 3. The third kappa shape index (κ3) is 2.57. The van der Waals surface area contributed by atoms with Gasteiger partial charge in [-0.25, -0.2) is 4.98 Å². The summed E-state index contributed by atoms with van der Waals surface area (Å²) >= 11 is 0. The van der Waals surface area contributed by atoms with Crippen molar-refractivity contribution in [1.29, 1.82) is 0 Å². The summed E-state index contributed by atoms with van der Waals surface area (Å²) in [6.45, 7) is 3.89. The molecule has 1 aromatic carbocycles. The molecular weight excluding hydrogens is 236 g/mol. The van der Waals surface area contributed by atoms with E-state index < -0.39 is 0 Å². The van der Waals surface area contributed by atoms with Crippen LogP contribution in [0.15, 0.2) is 24.3 Å². The Hall–Kier alpha value is -1.97. The summed E-state index contributed by atoms with van der Waals surface area (Å²) in [5.41, 5.74) is 4.73. The molecule has 4 nitrogen and oxygen atoms in total. The van der Waals surface area contributed by atoms with Crippen molar-refractivity contribution in [3.8, 4) is 0 Å². The lowest BCUT2D eigenvalue weighted by molar-refractivity contribution is 0.603. The molecule has 4 heteroatoms. The number of fused-ring (bicyclic) bond motifs is 1. The van der Waals surface area contributed by atoms with Crippen LogP contribution in [0.2, 0.25) is 0 Å². The lowest BCUT2D eigenvalue weighted by Gasteiger charge is -2.25. The molecule has 98 valence electrons. The summed E-state index contributed by atoms with van der Waals surface area (Å²) in [5, 5.41) is 11.6. The Morgan fingerprint density at radius 1 is 1.05 bits per heavy atom. The molecule has 1 heterocycles. The smallest absolute Gasteiger partial charge is 0.243 e. The average molecular weight is 254 g/mol. The van der Waals surface area contributed by atoms with E-state index in [0.717, 1.165) is 30.7 Å². The van der Waals surface area contributed by atoms with Gasteiger partial charge in [0.25, 0.3) is 0 Å². The van der Waals surface area contributed by atoms with Gasteiger partial charge >= 0.3 is 0 Å². The predicted octanol–water partition coefficient (Wildman–Crippen LogP) is 2.46. The molecule has 1 aromatic heterocycles. The molecule has 3 rings (SSSR count). The Balaban J connectivity index is 1.73. The van der Waals surface area contributed by atoms with Gasteiger partial charge in [-0.3, -0.25) is 0 Å². The van der Waals surface area contributed by atoms with E-state index in [1.54, 1.807) is 0 Å². The monoisotopic (exact) mass is 254 g/mol. The van der Waals surface area contributed by atoms with Crippen molar-refractivity contribution >= 4 is 5.95 Å². The van der Waals surface area contributed by atoms with Gasteiger partial charge < -0.3 is 5.32 Å². The summed E-state index contributed by atoms with van der Waals surface area (Å²) in [4.78, 5) is 4.44. The molecule has 2 aromatic rings. The lowest BCUT2D eigenvalue weighted by atomic mass is 9.88. The van der Waals surface area contributed by atoms with Gasteiger partial charge in [-0.15, -0.1) is 5.10 Å². The van der Waals surface area contributed by atoms with Crippen LogP contribution in [0.5, 0.6) is 0 Å². The van der Waals surface area contributed by atoms with Gasteiger partial charge in [0.15, 0.2) is 0 Å². The Bertz CT molecular complexity index is 594. The lowest BCUT2D eigenvalue weighted by Crippen LogP contribution is -2.28. The van der Waals surface area contributed by atoms with Crippen LogP contribution in [-0.2, 0) is 12.8 Å². The van der Waals surface area contributed by atoms with Crippen molar-refractivity contribution in [2.75, 3.05) is 5.32 Å². The topological polar surface area (TPSA) is 50.7 Å².